The van der Waals surface area contributed by atoms with Gasteiger partial charge in [-0.3, -0.25) is 4.79 Å². The number of anilines is 2. The zero-order chi connectivity index (χ0) is 14.8. The molecule has 0 saturated carbocycles. The van der Waals surface area contributed by atoms with Gasteiger partial charge in [0.15, 0.2) is 6.10 Å². The number of hydrogen-bond donors (Lipinski definition) is 2. The average Bonchev–Trinajstić information content (AvgIpc) is 2.45. The molecule has 1 unspecified atom stereocenters. The van der Waals surface area contributed by atoms with Crippen molar-refractivity contribution in [2.75, 3.05) is 17.2 Å². The molecule has 2 N–H and O–H groups in total. The van der Waals surface area contributed by atoms with Gasteiger partial charge in [-0.15, -0.1) is 0 Å². The Hall–Kier alpha value is -1.91. The predicted molar refractivity (Wildman–Crippen MR) is 84.4 cm³/mol. The molecule has 1 aliphatic rings. The molecule has 0 bridgehead atoms. The molecule has 3 rings (SSSR count). The number of halogens is 2. The highest BCUT2D eigenvalue weighted by Crippen LogP contribution is 2.29. The monoisotopic (exact) mass is 322 g/mol. The highest BCUT2D eigenvalue weighted by molar-refractivity contribution is 6.35. The molecule has 0 saturated heterocycles. The van der Waals surface area contributed by atoms with Crippen LogP contribution in [-0.4, -0.2) is 18.6 Å². The van der Waals surface area contributed by atoms with Crippen molar-refractivity contribution in [3.8, 4) is 5.75 Å². The largest absolute Gasteiger partial charge is 0.477 e. The Bertz CT molecular complexity index is 671. The first-order valence-corrected chi connectivity index (χ1v) is 7.14. The lowest BCUT2D eigenvalue weighted by molar-refractivity contribution is -0.122. The minimum Gasteiger partial charge on any atom is -0.477 e. The molecule has 0 fully saturated rings. The van der Waals surface area contributed by atoms with E-state index in [0.29, 0.717) is 28.0 Å². The predicted octanol–water partition coefficient (Wildman–Crippen LogP) is 3.81. The maximum Gasteiger partial charge on any atom is 0.267 e. The van der Waals surface area contributed by atoms with E-state index in [2.05, 4.69) is 10.6 Å². The molecule has 1 atom stereocenters. The molecule has 0 aliphatic carbocycles. The second-order valence-corrected chi connectivity index (χ2v) is 5.50. The Morgan fingerprint density at radius 2 is 1.90 bits per heavy atom. The van der Waals surface area contributed by atoms with E-state index >= 15 is 0 Å². The van der Waals surface area contributed by atoms with Gasteiger partial charge in [-0.2, -0.15) is 0 Å². The summed E-state index contributed by atoms with van der Waals surface area (Å²) in [5.74, 6) is 0.406. The van der Waals surface area contributed by atoms with Crippen molar-refractivity contribution in [2.45, 2.75) is 6.10 Å². The van der Waals surface area contributed by atoms with Crippen LogP contribution in [0.25, 0.3) is 0 Å². The first-order chi connectivity index (χ1) is 10.1. The normalized spacial score (nSPS) is 16.4. The Labute approximate surface area is 132 Å². The van der Waals surface area contributed by atoms with E-state index < -0.39 is 6.10 Å². The van der Waals surface area contributed by atoms with E-state index in [1.807, 2.05) is 24.3 Å². The van der Waals surface area contributed by atoms with Gasteiger partial charge in [0.05, 0.1) is 12.2 Å². The molecule has 0 radical (unpaired) electrons. The minimum absolute atomic E-state index is 0.254. The van der Waals surface area contributed by atoms with E-state index in [-0.39, 0.29) is 5.91 Å². The third-order valence-electron chi connectivity index (χ3n) is 3.06. The number of hydrogen-bond acceptors (Lipinski definition) is 3. The number of carbonyl (C=O) groups excluding carboxylic acids is 1. The highest BCUT2D eigenvalue weighted by Gasteiger charge is 2.25. The van der Waals surface area contributed by atoms with Crippen molar-refractivity contribution >= 4 is 40.5 Å². The fraction of sp³-hybridized carbons (Fsp3) is 0.133. The van der Waals surface area contributed by atoms with Gasteiger partial charge in [0.1, 0.15) is 5.75 Å². The molecule has 0 spiro atoms. The molecule has 1 heterocycles. The number of rotatable bonds is 2. The van der Waals surface area contributed by atoms with Crippen molar-refractivity contribution in [1.29, 1.82) is 0 Å². The van der Waals surface area contributed by atoms with E-state index in [1.54, 1.807) is 18.2 Å². The van der Waals surface area contributed by atoms with Crippen LogP contribution in [0.3, 0.4) is 0 Å². The number of para-hydroxylation sites is 2. The third kappa shape index (κ3) is 3.23. The summed E-state index contributed by atoms with van der Waals surface area (Å²) in [6.07, 6.45) is -0.613. The Balaban J connectivity index is 1.72. The third-order valence-corrected chi connectivity index (χ3v) is 3.49. The van der Waals surface area contributed by atoms with Crippen LogP contribution < -0.4 is 15.4 Å². The standard InChI is InChI=1S/C15H12Cl2N2O2/c16-9-5-10(17)7-11(6-9)19-15(20)14-8-18-12-3-1-2-4-13(12)21-14/h1-7,14,18H,8H2,(H,19,20). The van der Waals surface area contributed by atoms with Gasteiger partial charge in [0, 0.05) is 15.7 Å². The summed E-state index contributed by atoms with van der Waals surface area (Å²) < 4.78 is 5.69. The number of ether oxygens (including phenoxy) is 1. The van der Waals surface area contributed by atoms with Crippen LogP contribution in [-0.2, 0) is 4.79 Å². The van der Waals surface area contributed by atoms with Crippen LogP contribution in [0.15, 0.2) is 42.5 Å². The summed E-state index contributed by atoms with van der Waals surface area (Å²) in [5, 5.41) is 6.84. The summed E-state index contributed by atoms with van der Waals surface area (Å²) in [6.45, 7) is 0.400. The minimum atomic E-state index is -0.613. The van der Waals surface area contributed by atoms with Crippen molar-refractivity contribution in [1.82, 2.24) is 0 Å². The molecule has 108 valence electrons. The van der Waals surface area contributed by atoms with Crippen LogP contribution in [0.5, 0.6) is 5.75 Å². The summed E-state index contributed by atoms with van der Waals surface area (Å²) in [6, 6.07) is 12.4. The molecule has 0 aromatic heterocycles. The van der Waals surface area contributed by atoms with E-state index in [9.17, 15) is 4.79 Å². The first-order valence-electron chi connectivity index (χ1n) is 6.38. The van der Waals surface area contributed by atoms with Crippen molar-refractivity contribution < 1.29 is 9.53 Å². The molecular weight excluding hydrogens is 311 g/mol. The van der Waals surface area contributed by atoms with Gasteiger partial charge in [-0.05, 0) is 30.3 Å². The fourth-order valence-electron chi connectivity index (χ4n) is 2.11. The molecular formula is C15H12Cl2N2O2. The number of carbonyl (C=O) groups is 1. The van der Waals surface area contributed by atoms with Crippen molar-refractivity contribution in [3.63, 3.8) is 0 Å². The van der Waals surface area contributed by atoms with Crippen LogP contribution >= 0.6 is 23.2 Å². The maximum absolute atomic E-state index is 12.2. The molecule has 2 aromatic carbocycles. The van der Waals surface area contributed by atoms with Gasteiger partial charge >= 0.3 is 0 Å². The number of nitrogens with one attached hydrogen (secondary N) is 2. The van der Waals surface area contributed by atoms with Gasteiger partial charge in [-0.1, -0.05) is 35.3 Å². The highest BCUT2D eigenvalue weighted by atomic mass is 35.5. The van der Waals surface area contributed by atoms with Gasteiger partial charge in [0.25, 0.3) is 5.91 Å². The lowest BCUT2D eigenvalue weighted by atomic mass is 10.2. The Morgan fingerprint density at radius 1 is 1.19 bits per heavy atom. The number of fused-ring (bicyclic) bond motifs is 1. The SMILES string of the molecule is O=C(Nc1cc(Cl)cc(Cl)c1)C1CNc2ccccc2O1. The van der Waals surface area contributed by atoms with Crippen molar-refractivity contribution in [2.24, 2.45) is 0 Å². The lowest BCUT2D eigenvalue weighted by Gasteiger charge is -2.26. The van der Waals surface area contributed by atoms with Gasteiger partial charge in [0.2, 0.25) is 0 Å². The molecule has 1 amide bonds. The molecule has 2 aromatic rings. The topological polar surface area (TPSA) is 50.4 Å². The second-order valence-electron chi connectivity index (χ2n) is 4.63. The molecule has 4 nitrogen and oxygen atoms in total. The zero-order valence-electron chi connectivity index (χ0n) is 10.9. The molecule has 6 heteroatoms. The number of amides is 1. The zero-order valence-corrected chi connectivity index (χ0v) is 12.4. The lowest BCUT2D eigenvalue weighted by Crippen LogP contribution is -2.41. The second kappa shape index (κ2) is 5.84. The summed E-state index contributed by atoms with van der Waals surface area (Å²) in [7, 11) is 0. The smallest absolute Gasteiger partial charge is 0.267 e. The van der Waals surface area contributed by atoms with Crippen LogP contribution in [0.1, 0.15) is 0 Å². The van der Waals surface area contributed by atoms with Gasteiger partial charge < -0.3 is 15.4 Å². The quantitative estimate of drug-likeness (QED) is 0.884. The van der Waals surface area contributed by atoms with E-state index in [4.69, 9.17) is 27.9 Å². The van der Waals surface area contributed by atoms with Crippen LogP contribution in [0.4, 0.5) is 11.4 Å². The Morgan fingerprint density at radius 3 is 2.67 bits per heavy atom. The first kappa shape index (κ1) is 14.0. The van der Waals surface area contributed by atoms with E-state index in [0.717, 1.165) is 5.69 Å². The van der Waals surface area contributed by atoms with Gasteiger partial charge in [-0.25, -0.2) is 0 Å². The summed E-state index contributed by atoms with van der Waals surface area (Å²) in [5.41, 5.74) is 1.42. The van der Waals surface area contributed by atoms with E-state index in [1.165, 1.54) is 0 Å². The van der Waals surface area contributed by atoms with Crippen LogP contribution in [0.2, 0.25) is 10.0 Å². The van der Waals surface area contributed by atoms with Crippen LogP contribution in [0, 0.1) is 0 Å². The molecule has 21 heavy (non-hydrogen) atoms. The number of benzene rings is 2. The average molecular weight is 323 g/mol. The summed E-state index contributed by atoms with van der Waals surface area (Å²) >= 11 is 11.8. The summed E-state index contributed by atoms with van der Waals surface area (Å²) in [4.78, 5) is 12.2. The fourth-order valence-corrected chi connectivity index (χ4v) is 2.63. The Kier molecular flexibility index (Phi) is 3.90. The molecule has 1 aliphatic heterocycles. The maximum atomic E-state index is 12.2. The van der Waals surface area contributed by atoms with Crippen molar-refractivity contribution in [3.05, 3.63) is 52.5 Å².